The van der Waals surface area contributed by atoms with Gasteiger partial charge in [-0.2, -0.15) is 8.42 Å². The quantitative estimate of drug-likeness (QED) is 0.662. The molecule has 6 heteroatoms. The molecule has 1 unspecified atom stereocenters. The van der Waals surface area contributed by atoms with Crippen molar-refractivity contribution >= 4 is 15.9 Å². The summed E-state index contributed by atoms with van der Waals surface area (Å²) in [6.07, 6.45) is -1.01. The summed E-state index contributed by atoms with van der Waals surface area (Å²) in [5.41, 5.74) is 0.762. The van der Waals surface area contributed by atoms with Gasteiger partial charge in [0.05, 0.1) is 4.90 Å². The number of rotatable bonds is 1. The summed E-state index contributed by atoms with van der Waals surface area (Å²) in [6, 6.07) is 3.65. The molecule has 0 aliphatic heterocycles. The van der Waals surface area contributed by atoms with E-state index < -0.39 is 22.0 Å². The minimum Gasteiger partial charge on any atom is -0.385 e. The van der Waals surface area contributed by atoms with Gasteiger partial charge in [0.15, 0.2) is 5.78 Å². The lowest BCUT2D eigenvalue weighted by Crippen LogP contribution is -2.13. The van der Waals surface area contributed by atoms with Crippen LogP contribution >= 0.6 is 0 Å². The van der Waals surface area contributed by atoms with Crippen LogP contribution in [0.1, 0.15) is 15.9 Å². The van der Waals surface area contributed by atoms with Crippen LogP contribution in [-0.2, 0) is 16.5 Å². The third-order valence-corrected chi connectivity index (χ3v) is 3.21. The van der Waals surface area contributed by atoms with Crippen molar-refractivity contribution in [1.82, 2.24) is 0 Å². The fourth-order valence-corrected chi connectivity index (χ4v) is 2.15. The molecule has 80 valence electrons. The number of fused-ring (bicyclic) bond motifs is 1. The number of aliphatic hydroxyl groups is 1. The Morgan fingerprint density at radius 1 is 1.33 bits per heavy atom. The average molecular weight is 228 g/mol. The summed E-state index contributed by atoms with van der Waals surface area (Å²) < 4.78 is 30.4. The molecule has 0 saturated heterocycles. The molecule has 2 N–H and O–H groups in total. The Kier molecular flexibility index (Phi) is 2.14. The number of benzene rings is 1. The van der Waals surface area contributed by atoms with Gasteiger partial charge in [0, 0.05) is 12.0 Å². The van der Waals surface area contributed by atoms with Gasteiger partial charge in [-0.05, 0) is 23.8 Å². The summed E-state index contributed by atoms with van der Waals surface area (Å²) in [5.74, 6) is -0.410. The molecule has 5 nitrogen and oxygen atoms in total. The highest BCUT2D eigenvalue weighted by Gasteiger charge is 2.29. The Labute approximate surface area is 86.1 Å². The van der Waals surface area contributed by atoms with Crippen LogP contribution in [0.25, 0.3) is 0 Å². The molecule has 1 aromatic carbocycles. The van der Waals surface area contributed by atoms with Crippen molar-refractivity contribution in [3.8, 4) is 0 Å². The van der Waals surface area contributed by atoms with Crippen LogP contribution in [-0.4, -0.2) is 30.0 Å². The van der Waals surface area contributed by atoms with Gasteiger partial charge in [-0.1, -0.05) is 0 Å². The minimum absolute atomic E-state index is 0.0948. The lowest BCUT2D eigenvalue weighted by atomic mass is 10.1. The van der Waals surface area contributed by atoms with Gasteiger partial charge in [-0.3, -0.25) is 9.35 Å². The van der Waals surface area contributed by atoms with E-state index in [1.54, 1.807) is 0 Å². The second-order valence-electron chi connectivity index (χ2n) is 3.38. The van der Waals surface area contributed by atoms with E-state index in [9.17, 15) is 18.3 Å². The van der Waals surface area contributed by atoms with E-state index in [1.807, 2.05) is 0 Å². The summed E-state index contributed by atoms with van der Waals surface area (Å²) in [5, 5.41) is 9.25. The van der Waals surface area contributed by atoms with Gasteiger partial charge in [0.25, 0.3) is 10.1 Å². The van der Waals surface area contributed by atoms with E-state index in [1.165, 1.54) is 12.1 Å². The maximum Gasteiger partial charge on any atom is 0.294 e. The predicted molar refractivity (Wildman–Crippen MR) is 50.3 cm³/mol. The Morgan fingerprint density at radius 3 is 2.60 bits per heavy atom. The lowest BCUT2D eigenvalue weighted by molar-refractivity contribution is 0.0780. The molecule has 0 amide bonds. The Bertz CT molecular complexity index is 531. The smallest absolute Gasteiger partial charge is 0.294 e. The second kappa shape index (κ2) is 3.13. The molecular weight excluding hydrogens is 220 g/mol. The van der Waals surface area contributed by atoms with Crippen LogP contribution in [0.15, 0.2) is 23.1 Å². The van der Waals surface area contributed by atoms with Gasteiger partial charge in [-0.25, -0.2) is 0 Å². The first-order chi connectivity index (χ1) is 6.89. The monoisotopic (exact) mass is 228 g/mol. The summed E-state index contributed by atoms with van der Waals surface area (Å²) in [7, 11) is -4.25. The lowest BCUT2D eigenvalue weighted by Gasteiger charge is -1.99. The highest BCUT2D eigenvalue weighted by Crippen LogP contribution is 2.24. The molecule has 1 aromatic rings. The molecule has 0 heterocycles. The van der Waals surface area contributed by atoms with E-state index in [0.29, 0.717) is 11.1 Å². The Balaban J connectivity index is 2.56. The molecular formula is C9H8O5S. The topological polar surface area (TPSA) is 91.7 Å². The number of carbonyl (C=O) groups excluding carboxylic acids is 1. The van der Waals surface area contributed by atoms with Gasteiger partial charge in [0.1, 0.15) is 6.10 Å². The zero-order valence-electron chi connectivity index (χ0n) is 7.54. The van der Waals surface area contributed by atoms with Crippen LogP contribution in [0, 0.1) is 0 Å². The van der Waals surface area contributed by atoms with Crippen molar-refractivity contribution in [2.45, 2.75) is 17.4 Å². The van der Waals surface area contributed by atoms with Crippen molar-refractivity contribution in [2.24, 2.45) is 0 Å². The van der Waals surface area contributed by atoms with Gasteiger partial charge < -0.3 is 5.11 Å². The maximum absolute atomic E-state index is 11.3. The van der Waals surface area contributed by atoms with Crippen LogP contribution in [0.2, 0.25) is 0 Å². The molecule has 15 heavy (non-hydrogen) atoms. The van der Waals surface area contributed by atoms with Crippen LogP contribution < -0.4 is 0 Å². The number of hydrogen-bond donors (Lipinski definition) is 2. The number of ketones is 1. The third-order valence-electron chi connectivity index (χ3n) is 2.36. The highest BCUT2D eigenvalue weighted by atomic mass is 32.2. The van der Waals surface area contributed by atoms with Crippen molar-refractivity contribution in [3.63, 3.8) is 0 Å². The minimum atomic E-state index is -4.25. The van der Waals surface area contributed by atoms with Crippen molar-refractivity contribution in [2.75, 3.05) is 0 Å². The average Bonchev–Trinajstić information content (AvgIpc) is 2.41. The largest absolute Gasteiger partial charge is 0.385 e. The SMILES string of the molecule is O=C1c2ccc(S(=O)(=O)O)cc2CC1O. The molecule has 1 aliphatic carbocycles. The van der Waals surface area contributed by atoms with Crippen LogP contribution in [0.4, 0.5) is 0 Å². The molecule has 0 radical (unpaired) electrons. The zero-order chi connectivity index (χ0) is 11.2. The molecule has 0 spiro atoms. The fraction of sp³-hybridized carbons (Fsp3) is 0.222. The van der Waals surface area contributed by atoms with Crippen LogP contribution in [0.3, 0.4) is 0 Å². The summed E-state index contributed by atoms with van der Waals surface area (Å²) in [6.45, 7) is 0. The summed E-state index contributed by atoms with van der Waals surface area (Å²) in [4.78, 5) is 11.0. The molecule has 0 fully saturated rings. The number of hydrogen-bond acceptors (Lipinski definition) is 4. The Morgan fingerprint density at radius 2 is 2.00 bits per heavy atom. The highest BCUT2D eigenvalue weighted by molar-refractivity contribution is 7.85. The van der Waals surface area contributed by atoms with E-state index in [0.717, 1.165) is 6.07 Å². The normalized spacial score (nSPS) is 20.4. The first-order valence-electron chi connectivity index (χ1n) is 4.22. The van der Waals surface area contributed by atoms with Gasteiger partial charge >= 0.3 is 0 Å². The molecule has 1 atom stereocenters. The maximum atomic E-state index is 11.3. The van der Waals surface area contributed by atoms with Gasteiger partial charge in [0.2, 0.25) is 0 Å². The zero-order valence-corrected chi connectivity index (χ0v) is 8.36. The number of aliphatic hydroxyl groups excluding tert-OH is 1. The second-order valence-corrected chi connectivity index (χ2v) is 4.80. The Hall–Kier alpha value is -1.24. The predicted octanol–water partition coefficient (Wildman–Crippen LogP) is 0.0330. The van der Waals surface area contributed by atoms with Crippen molar-refractivity contribution in [3.05, 3.63) is 29.3 Å². The standard InChI is InChI=1S/C9H8O5S/c10-8-4-5-3-6(15(12,13)14)1-2-7(5)9(8)11/h1-3,8,10H,4H2,(H,12,13,14). The molecule has 0 saturated carbocycles. The first kappa shape index (κ1) is 10.3. The fourth-order valence-electron chi connectivity index (χ4n) is 1.62. The van der Waals surface area contributed by atoms with Crippen molar-refractivity contribution in [1.29, 1.82) is 0 Å². The van der Waals surface area contributed by atoms with Crippen molar-refractivity contribution < 1.29 is 22.9 Å². The van der Waals surface area contributed by atoms with E-state index in [2.05, 4.69) is 0 Å². The van der Waals surface area contributed by atoms with Crippen LogP contribution in [0.5, 0.6) is 0 Å². The number of Topliss-reactive ketones (excluding diaryl/α,β-unsaturated/α-hetero) is 1. The molecule has 0 bridgehead atoms. The van der Waals surface area contributed by atoms with E-state index >= 15 is 0 Å². The van der Waals surface area contributed by atoms with Gasteiger partial charge in [-0.15, -0.1) is 0 Å². The van der Waals surface area contributed by atoms with E-state index in [4.69, 9.17) is 4.55 Å². The van der Waals surface area contributed by atoms with E-state index in [-0.39, 0.29) is 11.3 Å². The molecule has 2 rings (SSSR count). The summed E-state index contributed by atoms with van der Waals surface area (Å²) >= 11 is 0. The molecule has 0 aromatic heterocycles. The first-order valence-corrected chi connectivity index (χ1v) is 5.66. The number of carbonyl (C=O) groups is 1. The molecule has 1 aliphatic rings. The third kappa shape index (κ3) is 1.67.